The van der Waals surface area contributed by atoms with Gasteiger partial charge in [0.1, 0.15) is 0 Å². The molecule has 0 aliphatic rings. The number of nitrogens with zero attached hydrogens (tertiary/aromatic N) is 1. The molecule has 0 saturated heterocycles. The molecule has 152 valence electrons. The van der Waals surface area contributed by atoms with Crippen LogP contribution in [0.2, 0.25) is 0 Å². The van der Waals surface area contributed by atoms with Gasteiger partial charge in [-0.2, -0.15) is 0 Å². The molecule has 0 atom stereocenters. The van der Waals surface area contributed by atoms with Crippen LogP contribution < -0.4 is 0 Å². The van der Waals surface area contributed by atoms with Crippen molar-refractivity contribution in [2.75, 3.05) is 0 Å². The minimum atomic E-state index is -0.00393. The van der Waals surface area contributed by atoms with Crippen molar-refractivity contribution in [2.24, 2.45) is 5.11 Å². The van der Waals surface area contributed by atoms with Gasteiger partial charge < -0.3 is 0 Å². The number of amidine groups is 1. The average Bonchev–Trinajstić information content (AvgIpc) is 2.70. The quantitative estimate of drug-likeness (QED) is 0.306. The summed E-state index contributed by atoms with van der Waals surface area (Å²) in [7, 11) is 0. The Bertz CT molecular complexity index is 741. The number of hydrogen-bond donors (Lipinski definition) is 2. The first-order valence-electron chi connectivity index (χ1n) is 10.1. The maximum absolute atomic E-state index is 7.40. The molecule has 0 bridgehead atoms. The summed E-state index contributed by atoms with van der Waals surface area (Å²) in [4.78, 5) is 0. The second-order valence-electron chi connectivity index (χ2n) is 6.99. The van der Waals surface area contributed by atoms with Crippen LogP contribution in [0.5, 0.6) is 0 Å². The van der Waals surface area contributed by atoms with Gasteiger partial charge in [-0.1, -0.05) is 89.6 Å². The molecule has 0 heterocycles. The topological polar surface area (TPSA) is 60.1 Å². The van der Waals surface area contributed by atoms with Crippen molar-refractivity contribution in [2.45, 2.75) is 67.2 Å². The minimum Gasteiger partial charge on any atom is -0.281 e. The summed E-state index contributed by atoms with van der Waals surface area (Å²) in [6.07, 6.45) is 6.32. The van der Waals surface area contributed by atoms with Gasteiger partial charge in [0.25, 0.3) is 0 Å². The lowest BCUT2D eigenvalue weighted by Gasteiger charge is -2.04. The highest BCUT2D eigenvalue weighted by molar-refractivity contribution is 5.97. The lowest BCUT2D eigenvalue weighted by Crippen LogP contribution is -1.94. The summed E-state index contributed by atoms with van der Waals surface area (Å²) >= 11 is 0. The third kappa shape index (κ3) is 9.40. The van der Waals surface area contributed by atoms with Crippen molar-refractivity contribution in [3.63, 3.8) is 0 Å². The minimum absolute atomic E-state index is 0.00393. The molecule has 2 aromatic rings. The molecule has 0 aliphatic carbocycles. The van der Waals surface area contributed by atoms with Crippen LogP contribution >= 0.6 is 0 Å². The highest BCUT2D eigenvalue weighted by atomic mass is 15.0. The van der Waals surface area contributed by atoms with E-state index in [0.29, 0.717) is 11.5 Å². The number of rotatable bonds is 4. The smallest absolute Gasteiger partial charge is 0.173 e. The van der Waals surface area contributed by atoms with E-state index in [-0.39, 0.29) is 5.84 Å². The first-order chi connectivity index (χ1) is 13.3. The summed E-state index contributed by atoms with van der Waals surface area (Å²) in [5.74, 6) is 0.650. The van der Waals surface area contributed by atoms with Crippen molar-refractivity contribution in [3.8, 4) is 0 Å². The molecule has 0 fully saturated rings. The fourth-order valence-corrected chi connectivity index (χ4v) is 2.35. The van der Waals surface area contributed by atoms with E-state index in [1.165, 1.54) is 17.5 Å². The molecule has 0 unspecified atom stereocenters. The van der Waals surface area contributed by atoms with Crippen molar-refractivity contribution in [1.82, 2.24) is 0 Å². The van der Waals surface area contributed by atoms with Crippen molar-refractivity contribution in [1.29, 1.82) is 10.9 Å². The maximum atomic E-state index is 7.40. The van der Waals surface area contributed by atoms with Gasteiger partial charge in [0.15, 0.2) is 5.84 Å². The SMILES string of the molecule is C/C=C\c1cc(C(=N)N=N)ccc1C.CCC.CCc1ccc(C(C)C)cc1. The van der Waals surface area contributed by atoms with E-state index in [2.05, 4.69) is 64.0 Å². The molecule has 0 saturated carbocycles. The summed E-state index contributed by atoms with van der Waals surface area (Å²) in [6.45, 7) is 14.8. The Morgan fingerprint density at radius 1 is 1.04 bits per heavy atom. The number of allylic oxidation sites excluding steroid dienone is 1. The van der Waals surface area contributed by atoms with Crippen LogP contribution in [-0.2, 0) is 6.42 Å². The second kappa shape index (κ2) is 14.5. The lowest BCUT2D eigenvalue weighted by atomic mass is 10.0. The fraction of sp³-hybridized carbons (Fsp3) is 0.400. The van der Waals surface area contributed by atoms with E-state index in [1.54, 1.807) is 0 Å². The van der Waals surface area contributed by atoms with E-state index >= 15 is 0 Å². The summed E-state index contributed by atoms with van der Waals surface area (Å²) in [5, 5.41) is 10.5. The van der Waals surface area contributed by atoms with E-state index < -0.39 is 0 Å². The van der Waals surface area contributed by atoms with Crippen LogP contribution in [0.4, 0.5) is 0 Å². The molecule has 0 aliphatic heterocycles. The number of nitrogens with one attached hydrogen (secondary N) is 2. The predicted octanol–water partition coefficient (Wildman–Crippen LogP) is 8.17. The molecule has 0 spiro atoms. The van der Waals surface area contributed by atoms with Crippen molar-refractivity contribution < 1.29 is 0 Å². The van der Waals surface area contributed by atoms with Gasteiger partial charge in [0.05, 0.1) is 0 Å². The summed E-state index contributed by atoms with van der Waals surface area (Å²) in [5.41, 5.74) is 12.5. The predicted molar refractivity (Wildman–Crippen MR) is 124 cm³/mol. The summed E-state index contributed by atoms with van der Waals surface area (Å²) in [6, 6.07) is 14.5. The third-order valence-corrected chi connectivity index (χ3v) is 4.07. The second-order valence-corrected chi connectivity index (χ2v) is 6.99. The Balaban J connectivity index is 0.000000466. The zero-order valence-electron chi connectivity index (χ0n) is 18.6. The highest BCUT2D eigenvalue weighted by Gasteiger charge is 2.01. The number of aryl methyl sites for hydroxylation is 2. The molecule has 2 N–H and O–H groups in total. The van der Waals surface area contributed by atoms with Gasteiger partial charge in [-0.05, 0) is 54.5 Å². The van der Waals surface area contributed by atoms with Crippen molar-refractivity contribution in [3.05, 3.63) is 76.4 Å². The van der Waals surface area contributed by atoms with Gasteiger partial charge >= 0.3 is 0 Å². The Labute approximate surface area is 171 Å². The first kappa shape index (κ1) is 25.5. The maximum Gasteiger partial charge on any atom is 0.173 e. The Morgan fingerprint density at radius 2 is 1.61 bits per heavy atom. The van der Waals surface area contributed by atoms with Gasteiger partial charge in [-0.15, -0.1) is 5.11 Å². The Hall–Kier alpha value is -2.55. The van der Waals surface area contributed by atoms with Gasteiger partial charge in [-0.3, -0.25) is 5.41 Å². The molecule has 3 nitrogen and oxygen atoms in total. The number of benzene rings is 2. The standard InChI is InChI=1S/C11H13N3.C11H16.C3H8/c1-3-4-9-7-10(11(12)14-13)6-5-8(9)2;1-4-10-5-7-11(8-6-10)9(2)3;1-3-2/h3-7,12-13H,1-2H3;5-9H,4H2,1-3H3;3H2,1-2H3/b4-3-,12-11?,14-13?;;. The van der Waals surface area contributed by atoms with E-state index in [4.69, 9.17) is 10.9 Å². The largest absolute Gasteiger partial charge is 0.281 e. The molecule has 2 aromatic carbocycles. The van der Waals surface area contributed by atoms with Gasteiger partial charge in [-0.25, -0.2) is 5.53 Å². The highest BCUT2D eigenvalue weighted by Crippen LogP contribution is 2.15. The zero-order chi connectivity index (χ0) is 21.5. The average molecular weight is 380 g/mol. The van der Waals surface area contributed by atoms with Crippen LogP contribution in [0, 0.1) is 17.9 Å². The van der Waals surface area contributed by atoms with E-state index in [1.807, 2.05) is 44.2 Å². The molecule has 3 heteroatoms. The van der Waals surface area contributed by atoms with Crippen molar-refractivity contribution >= 4 is 11.9 Å². The molecule has 0 amide bonds. The Kier molecular flexibility index (Phi) is 13.2. The van der Waals surface area contributed by atoms with Crippen LogP contribution in [0.25, 0.3) is 6.08 Å². The number of hydrogen-bond acceptors (Lipinski definition) is 2. The summed E-state index contributed by atoms with van der Waals surface area (Å²) < 4.78 is 0. The molecule has 0 aromatic heterocycles. The molecular formula is C25H37N3. The van der Waals surface area contributed by atoms with E-state index in [9.17, 15) is 0 Å². The van der Waals surface area contributed by atoms with Crippen LogP contribution in [0.1, 0.15) is 81.7 Å². The lowest BCUT2D eigenvalue weighted by molar-refractivity contribution is 0.865. The van der Waals surface area contributed by atoms with Crippen LogP contribution in [-0.4, -0.2) is 5.84 Å². The third-order valence-electron chi connectivity index (χ3n) is 4.07. The fourth-order valence-electron chi connectivity index (χ4n) is 2.35. The van der Waals surface area contributed by atoms with Crippen LogP contribution in [0.3, 0.4) is 0 Å². The normalized spacial score (nSPS) is 10.0. The van der Waals surface area contributed by atoms with E-state index in [0.717, 1.165) is 17.5 Å². The molecule has 2 rings (SSSR count). The monoisotopic (exact) mass is 379 g/mol. The van der Waals surface area contributed by atoms with Gasteiger partial charge in [0, 0.05) is 5.56 Å². The molecule has 28 heavy (non-hydrogen) atoms. The molecule has 0 radical (unpaired) electrons. The van der Waals surface area contributed by atoms with Crippen LogP contribution in [0.15, 0.2) is 53.7 Å². The zero-order valence-corrected chi connectivity index (χ0v) is 18.6. The van der Waals surface area contributed by atoms with Gasteiger partial charge in [0.2, 0.25) is 0 Å². The first-order valence-corrected chi connectivity index (χ1v) is 10.1. The molecular weight excluding hydrogens is 342 g/mol. The Morgan fingerprint density at radius 3 is 2.04 bits per heavy atom.